The minimum atomic E-state index is -0.496. The van der Waals surface area contributed by atoms with Gasteiger partial charge in [0.25, 0.3) is 0 Å². The fourth-order valence-electron chi connectivity index (χ4n) is 2.63. The summed E-state index contributed by atoms with van der Waals surface area (Å²) in [6.45, 7) is 1.58. The molecule has 2 unspecified atom stereocenters. The summed E-state index contributed by atoms with van der Waals surface area (Å²) in [4.78, 5) is 0. The molecule has 0 amide bonds. The first-order valence-corrected chi connectivity index (χ1v) is 6.40. The number of hydrogen-bond acceptors (Lipinski definition) is 3. The van der Waals surface area contributed by atoms with Crippen molar-refractivity contribution in [3.63, 3.8) is 0 Å². The first-order valence-electron chi connectivity index (χ1n) is 6.40. The Bertz CT molecular complexity index is 396. The van der Waals surface area contributed by atoms with E-state index in [4.69, 9.17) is 9.47 Å². The van der Waals surface area contributed by atoms with Gasteiger partial charge in [0.1, 0.15) is 11.9 Å². The first kappa shape index (κ1) is 11.1. The van der Waals surface area contributed by atoms with Crippen molar-refractivity contribution in [2.75, 3.05) is 13.2 Å². The van der Waals surface area contributed by atoms with E-state index in [2.05, 4.69) is 6.07 Å². The van der Waals surface area contributed by atoms with Crippen molar-refractivity contribution < 1.29 is 14.6 Å². The Labute approximate surface area is 101 Å². The van der Waals surface area contributed by atoms with Crippen molar-refractivity contribution in [2.45, 2.75) is 37.9 Å². The highest BCUT2D eigenvalue weighted by Gasteiger charge is 2.26. The van der Waals surface area contributed by atoms with E-state index in [-0.39, 0.29) is 6.10 Å². The van der Waals surface area contributed by atoms with Crippen LogP contribution in [-0.2, 0) is 11.2 Å². The Morgan fingerprint density at radius 2 is 2.18 bits per heavy atom. The second-order valence-corrected chi connectivity index (χ2v) is 4.82. The SMILES string of the molecule is OC(c1ccc2c(c1)CCCO2)C1CCCO1. The third kappa shape index (κ3) is 2.17. The van der Waals surface area contributed by atoms with Gasteiger partial charge in [0.2, 0.25) is 0 Å². The molecule has 2 atom stereocenters. The summed E-state index contributed by atoms with van der Waals surface area (Å²) in [5, 5.41) is 10.3. The molecule has 2 aliphatic heterocycles. The van der Waals surface area contributed by atoms with Crippen molar-refractivity contribution >= 4 is 0 Å². The average molecular weight is 234 g/mol. The lowest BCUT2D eigenvalue weighted by atomic mass is 9.97. The number of hydrogen-bond donors (Lipinski definition) is 1. The van der Waals surface area contributed by atoms with Crippen LogP contribution in [0.2, 0.25) is 0 Å². The van der Waals surface area contributed by atoms with Crippen LogP contribution in [0.4, 0.5) is 0 Å². The molecule has 0 bridgehead atoms. The molecule has 0 aromatic heterocycles. The zero-order valence-electron chi connectivity index (χ0n) is 9.89. The van der Waals surface area contributed by atoms with Gasteiger partial charge in [-0.25, -0.2) is 0 Å². The van der Waals surface area contributed by atoms with Gasteiger partial charge in [-0.05, 0) is 48.9 Å². The summed E-state index contributed by atoms with van der Waals surface area (Å²) in [5.41, 5.74) is 2.17. The summed E-state index contributed by atoms with van der Waals surface area (Å²) in [6, 6.07) is 6.00. The Hall–Kier alpha value is -1.06. The van der Waals surface area contributed by atoms with Crippen LogP contribution in [0.3, 0.4) is 0 Å². The maximum atomic E-state index is 10.3. The Kier molecular flexibility index (Phi) is 3.04. The lowest BCUT2D eigenvalue weighted by Crippen LogP contribution is -2.18. The normalized spacial score (nSPS) is 25.1. The average Bonchev–Trinajstić information content (AvgIpc) is 2.91. The number of aryl methyl sites for hydroxylation is 1. The van der Waals surface area contributed by atoms with E-state index < -0.39 is 6.10 Å². The van der Waals surface area contributed by atoms with Crippen LogP contribution in [-0.4, -0.2) is 24.4 Å². The van der Waals surface area contributed by atoms with Crippen molar-refractivity contribution in [2.24, 2.45) is 0 Å². The molecule has 0 saturated carbocycles. The molecule has 2 heterocycles. The predicted octanol–water partition coefficient (Wildman–Crippen LogP) is 2.22. The van der Waals surface area contributed by atoms with Gasteiger partial charge in [-0.3, -0.25) is 0 Å². The van der Waals surface area contributed by atoms with E-state index in [1.807, 2.05) is 12.1 Å². The molecule has 92 valence electrons. The topological polar surface area (TPSA) is 38.7 Å². The molecule has 3 heteroatoms. The Morgan fingerprint density at radius 3 is 3.00 bits per heavy atom. The van der Waals surface area contributed by atoms with E-state index >= 15 is 0 Å². The van der Waals surface area contributed by atoms with Gasteiger partial charge >= 0.3 is 0 Å². The molecule has 1 saturated heterocycles. The van der Waals surface area contributed by atoms with Crippen LogP contribution in [0.1, 0.15) is 36.5 Å². The summed E-state index contributed by atoms with van der Waals surface area (Å²) >= 11 is 0. The predicted molar refractivity (Wildman–Crippen MR) is 64.2 cm³/mol. The molecule has 2 aliphatic rings. The fraction of sp³-hybridized carbons (Fsp3) is 0.571. The molecule has 3 nitrogen and oxygen atoms in total. The van der Waals surface area contributed by atoms with Gasteiger partial charge in [-0.2, -0.15) is 0 Å². The maximum absolute atomic E-state index is 10.3. The van der Waals surface area contributed by atoms with Gasteiger partial charge < -0.3 is 14.6 Å². The monoisotopic (exact) mass is 234 g/mol. The van der Waals surface area contributed by atoms with Gasteiger partial charge in [-0.1, -0.05) is 6.07 Å². The molecule has 0 spiro atoms. The number of aliphatic hydroxyl groups is 1. The largest absolute Gasteiger partial charge is 0.493 e. The highest BCUT2D eigenvalue weighted by molar-refractivity contribution is 5.39. The van der Waals surface area contributed by atoms with Gasteiger partial charge in [0.05, 0.1) is 12.7 Å². The first-order chi connectivity index (χ1) is 8.34. The van der Waals surface area contributed by atoms with Gasteiger partial charge in [-0.15, -0.1) is 0 Å². The second-order valence-electron chi connectivity index (χ2n) is 4.82. The van der Waals surface area contributed by atoms with Crippen LogP contribution in [0.25, 0.3) is 0 Å². The van der Waals surface area contributed by atoms with Crippen LogP contribution in [0.15, 0.2) is 18.2 Å². The van der Waals surface area contributed by atoms with Gasteiger partial charge in [0, 0.05) is 6.61 Å². The molecule has 1 fully saturated rings. The molecular formula is C14H18O3. The minimum absolute atomic E-state index is 0.0300. The van der Waals surface area contributed by atoms with Crippen molar-refractivity contribution in [3.05, 3.63) is 29.3 Å². The summed E-state index contributed by atoms with van der Waals surface area (Å²) in [5.74, 6) is 0.972. The number of ether oxygens (including phenoxy) is 2. The smallest absolute Gasteiger partial charge is 0.122 e. The van der Waals surface area contributed by atoms with Crippen LogP contribution >= 0.6 is 0 Å². The summed E-state index contributed by atoms with van der Waals surface area (Å²) in [6.07, 6.45) is 3.58. The van der Waals surface area contributed by atoms with Crippen molar-refractivity contribution in [3.8, 4) is 5.75 Å². The van der Waals surface area contributed by atoms with E-state index in [1.54, 1.807) is 0 Å². The lowest BCUT2D eigenvalue weighted by molar-refractivity contribution is -0.00266. The fourth-order valence-corrected chi connectivity index (χ4v) is 2.63. The van der Waals surface area contributed by atoms with E-state index in [1.165, 1.54) is 5.56 Å². The highest BCUT2D eigenvalue weighted by atomic mass is 16.5. The standard InChI is InChI=1S/C14H18O3/c15-14(13-4-2-8-17-13)11-5-6-12-10(9-11)3-1-7-16-12/h5-6,9,13-15H,1-4,7-8H2. The number of benzene rings is 1. The third-order valence-electron chi connectivity index (χ3n) is 3.59. The zero-order valence-corrected chi connectivity index (χ0v) is 9.89. The van der Waals surface area contributed by atoms with Crippen molar-refractivity contribution in [1.29, 1.82) is 0 Å². The molecule has 17 heavy (non-hydrogen) atoms. The Balaban J connectivity index is 1.82. The van der Waals surface area contributed by atoms with E-state index in [0.717, 1.165) is 50.2 Å². The summed E-state index contributed by atoms with van der Waals surface area (Å²) < 4.78 is 11.1. The minimum Gasteiger partial charge on any atom is -0.493 e. The molecule has 1 aromatic carbocycles. The van der Waals surface area contributed by atoms with Crippen LogP contribution < -0.4 is 4.74 Å². The molecule has 0 radical (unpaired) electrons. The van der Waals surface area contributed by atoms with Gasteiger partial charge in [0.15, 0.2) is 0 Å². The Morgan fingerprint density at radius 1 is 1.24 bits per heavy atom. The number of rotatable bonds is 2. The molecule has 3 rings (SSSR count). The lowest BCUT2D eigenvalue weighted by Gasteiger charge is -2.22. The zero-order chi connectivity index (χ0) is 11.7. The van der Waals surface area contributed by atoms with Crippen molar-refractivity contribution in [1.82, 2.24) is 0 Å². The van der Waals surface area contributed by atoms with Crippen LogP contribution in [0, 0.1) is 0 Å². The molecule has 1 N–H and O–H groups in total. The summed E-state index contributed by atoms with van der Waals surface area (Å²) in [7, 11) is 0. The van der Waals surface area contributed by atoms with E-state index in [9.17, 15) is 5.11 Å². The molecular weight excluding hydrogens is 216 g/mol. The number of aliphatic hydroxyl groups excluding tert-OH is 1. The molecule has 1 aromatic rings. The van der Waals surface area contributed by atoms with E-state index in [0.29, 0.717) is 0 Å². The molecule has 0 aliphatic carbocycles. The quantitative estimate of drug-likeness (QED) is 0.852. The number of fused-ring (bicyclic) bond motifs is 1. The second kappa shape index (κ2) is 4.67. The maximum Gasteiger partial charge on any atom is 0.122 e. The highest BCUT2D eigenvalue weighted by Crippen LogP contribution is 2.31. The van der Waals surface area contributed by atoms with Crippen LogP contribution in [0.5, 0.6) is 5.75 Å². The third-order valence-corrected chi connectivity index (χ3v) is 3.59.